The van der Waals surface area contributed by atoms with E-state index in [1.807, 2.05) is 4.90 Å². The topological polar surface area (TPSA) is 103 Å². The Bertz CT molecular complexity index is 1790. The fourth-order valence-electron chi connectivity index (χ4n) is 8.36. The number of benzene rings is 2. The number of anilines is 2. The Morgan fingerprint density at radius 1 is 1.11 bits per heavy atom. The second kappa shape index (κ2) is 11.2. The fourth-order valence-corrected chi connectivity index (χ4v) is 8.36. The van der Waals surface area contributed by atoms with E-state index in [4.69, 9.17) is 15.5 Å². The third-order valence-electron chi connectivity index (χ3n) is 11.1. The number of likely N-dealkylation sites (tertiary alicyclic amines) is 1. The highest BCUT2D eigenvalue weighted by atomic mass is 19.4. The number of piperazine rings is 1. The van der Waals surface area contributed by atoms with Crippen molar-refractivity contribution in [2.45, 2.75) is 71.1 Å². The molecule has 2 bridgehead atoms. The molecule has 3 aromatic rings. The van der Waals surface area contributed by atoms with Crippen molar-refractivity contribution in [3.8, 4) is 23.2 Å². The van der Waals surface area contributed by atoms with Crippen LogP contribution < -0.4 is 20.7 Å². The van der Waals surface area contributed by atoms with E-state index in [1.54, 1.807) is 6.07 Å². The van der Waals surface area contributed by atoms with E-state index in [0.29, 0.717) is 13.1 Å². The number of nitriles is 1. The molecule has 2 aromatic carbocycles. The number of aryl methyl sites for hydroxylation is 1. The molecule has 0 amide bonds. The lowest BCUT2D eigenvalue weighted by molar-refractivity contribution is -0.137. The first-order valence-electron chi connectivity index (χ1n) is 16.2. The molecule has 3 N–H and O–H groups in total. The lowest BCUT2D eigenvalue weighted by Gasteiger charge is -2.46. The Labute approximate surface area is 270 Å². The molecule has 1 spiro atoms. The van der Waals surface area contributed by atoms with Gasteiger partial charge in [-0.05, 0) is 75.2 Å². The second-order valence-corrected chi connectivity index (χ2v) is 14.1. The quantitative estimate of drug-likeness (QED) is 0.240. The van der Waals surface area contributed by atoms with Gasteiger partial charge in [-0.3, -0.25) is 0 Å². The number of aromatic nitrogens is 2. The molecule has 8 nitrogen and oxygen atoms in total. The SMILES string of the molecule is CCN1CCC2(CC2)[C@](C)(COc2nc(N3C[C@H]4CC[C@@H](C3)N4)c3cc(F)c(-c4c(C#N)c(N)cc(C)c4C(F)(F)F)c(F)c3n2)C1. The van der Waals surface area contributed by atoms with Gasteiger partial charge in [0.2, 0.25) is 0 Å². The highest BCUT2D eigenvalue weighted by Crippen LogP contribution is 2.63. The summed E-state index contributed by atoms with van der Waals surface area (Å²) in [6.45, 7) is 9.52. The minimum absolute atomic E-state index is 0.0183. The first kappa shape index (κ1) is 31.8. The number of rotatable bonds is 6. The van der Waals surface area contributed by atoms with Crippen LogP contribution >= 0.6 is 0 Å². The number of alkyl halides is 3. The minimum atomic E-state index is -5.03. The van der Waals surface area contributed by atoms with Crippen molar-refractivity contribution in [2.75, 3.05) is 50.0 Å². The van der Waals surface area contributed by atoms with Gasteiger partial charge in [-0.15, -0.1) is 0 Å². The summed E-state index contributed by atoms with van der Waals surface area (Å²) < 4.78 is 82.6. The fraction of sp³-hybridized carbons (Fsp3) is 0.559. The number of hydrogen-bond donors (Lipinski definition) is 2. The van der Waals surface area contributed by atoms with Gasteiger partial charge in [0.1, 0.15) is 23.2 Å². The Morgan fingerprint density at radius 3 is 2.43 bits per heavy atom. The largest absolute Gasteiger partial charge is 0.463 e. The highest BCUT2D eigenvalue weighted by Gasteiger charge is 2.59. The molecule has 1 saturated carbocycles. The second-order valence-electron chi connectivity index (χ2n) is 14.1. The molecule has 47 heavy (non-hydrogen) atoms. The van der Waals surface area contributed by atoms with E-state index < -0.39 is 40.1 Å². The Hall–Kier alpha value is -3.76. The summed E-state index contributed by atoms with van der Waals surface area (Å²) in [7, 11) is 0. The van der Waals surface area contributed by atoms with Crippen LogP contribution in [0.5, 0.6) is 6.01 Å². The number of fused-ring (bicyclic) bond motifs is 3. The highest BCUT2D eigenvalue weighted by molar-refractivity contribution is 5.95. The molecule has 3 saturated heterocycles. The predicted octanol–water partition coefficient (Wildman–Crippen LogP) is 6.19. The normalized spacial score (nSPS) is 25.4. The number of nitrogens with two attached hydrogens (primary N) is 1. The molecule has 1 aliphatic carbocycles. The maximum atomic E-state index is 16.8. The van der Waals surface area contributed by atoms with Gasteiger partial charge in [0.05, 0.1) is 29.0 Å². The summed E-state index contributed by atoms with van der Waals surface area (Å²) in [4.78, 5) is 13.4. The molecule has 0 unspecified atom stereocenters. The smallest absolute Gasteiger partial charge is 0.417 e. The maximum Gasteiger partial charge on any atom is 0.417 e. The van der Waals surface area contributed by atoms with E-state index in [1.165, 1.54) is 0 Å². The summed E-state index contributed by atoms with van der Waals surface area (Å²) in [6, 6.07) is 3.81. The van der Waals surface area contributed by atoms with Gasteiger partial charge in [-0.25, -0.2) is 8.78 Å². The molecular weight excluding hydrogens is 617 g/mol. The molecule has 13 heteroatoms. The number of halogens is 5. The van der Waals surface area contributed by atoms with Crippen LogP contribution in [0.1, 0.15) is 62.6 Å². The summed E-state index contributed by atoms with van der Waals surface area (Å²) in [6.07, 6.45) is 0.0996. The average Bonchev–Trinajstić information content (AvgIpc) is 3.73. The number of nitrogens with zero attached hydrogens (tertiary/aromatic N) is 5. The van der Waals surface area contributed by atoms with Crippen molar-refractivity contribution in [1.82, 2.24) is 20.2 Å². The van der Waals surface area contributed by atoms with Crippen molar-refractivity contribution in [3.05, 3.63) is 40.5 Å². The standard InChI is InChI=1S/C34H38F5N7O/c1-4-45-10-9-33(7-8-33)32(3,16-45)17-47-31-43-29-21(30(44-31)46-14-19-5-6-20(15-46)42-19)12-23(35)26(28(29)36)25-22(13-40)24(41)11-18(2)27(25)34(37,38)39/h11-12,19-20,42H,4-10,14-17,41H2,1-3H3/t19-,20+,32-/m0/s1. The molecule has 4 aliphatic rings. The van der Waals surface area contributed by atoms with Gasteiger partial charge in [0.15, 0.2) is 5.82 Å². The number of hydrogen-bond acceptors (Lipinski definition) is 8. The Kier molecular flexibility index (Phi) is 7.55. The van der Waals surface area contributed by atoms with Gasteiger partial charge in [0, 0.05) is 48.1 Å². The third-order valence-corrected chi connectivity index (χ3v) is 11.1. The van der Waals surface area contributed by atoms with E-state index in [-0.39, 0.29) is 63.5 Å². The lowest BCUT2D eigenvalue weighted by atomic mass is 9.70. The van der Waals surface area contributed by atoms with E-state index in [0.717, 1.165) is 70.8 Å². The van der Waals surface area contributed by atoms with E-state index in [9.17, 15) is 18.4 Å². The van der Waals surface area contributed by atoms with Crippen molar-refractivity contribution < 1.29 is 26.7 Å². The van der Waals surface area contributed by atoms with Crippen LogP contribution in [-0.4, -0.2) is 66.3 Å². The van der Waals surface area contributed by atoms with Crippen LogP contribution in [0.25, 0.3) is 22.0 Å². The number of nitrogens with one attached hydrogen (secondary N) is 1. The molecular formula is C34H38F5N7O. The average molecular weight is 656 g/mol. The molecule has 7 rings (SSSR count). The molecule has 4 heterocycles. The van der Waals surface area contributed by atoms with Crippen molar-refractivity contribution in [1.29, 1.82) is 5.26 Å². The maximum absolute atomic E-state index is 16.8. The Morgan fingerprint density at radius 2 is 1.81 bits per heavy atom. The predicted molar refractivity (Wildman–Crippen MR) is 168 cm³/mol. The summed E-state index contributed by atoms with van der Waals surface area (Å²) >= 11 is 0. The molecule has 3 atom stereocenters. The van der Waals surface area contributed by atoms with Crippen LogP contribution in [0.2, 0.25) is 0 Å². The number of nitrogen functional groups attached to an aromatic ring is 1. The Balaban J connectivity index is 1.40. The van der Waals surface area contributed by atoms with Gasteiger partial charge in [0.25, 0.3) is 0 Å². The van der Waals surface area contributed by atoms with E-state index >= 15 is 8.78 Å². The molecule has 3 aliphatic heterocycles. The van der Waals surface area contributed by atoms with E-state index in [2.05, 4.69) is 29.0 Å². The molecule has 0 radical (unpaired) electrons. The molecule has 250 valence electrons. The number of ether oxygens (including phenoxy) is 1. The zero-order valence-electron chi connectivity index (χ0n) is 26.7. The number of piperidine rings is 1. The van der Waals surface area contributed by atoms with Crippen molar-refractivity contribution >= 4 is 22.4 Å². The zero-order chi connectivity index (χ0) is 33.5. The zero-order valence-corrected chi connectivity index (χ0v) is 26.7. The van der Waals surface area contributed by atoms with Gasteiger partial charge < -0.3 is 25.6 Å². The van der Waals surface area contributed by atoms with Crippen LogP contribution in [0.3, 0.4) is 0 Å². The summed E-state index contributed by atoms with van der Waals surface area (Å²) in [5, 5.41) is 13.4. The first-order valence-corrected chi connectivity index (χ1v) is 16.2. The molecule has 4 fully saturated rings. The third kappa shape index (κ3) is 5.24. The van der Waals surface area contributed by atoms with Gasteiger partial charge >= 0.3 is 12.2 Å². The first-order chi connectivity index (χ1) is 22.3. The summed E-state index contributed by atoms with van der Waals surface area (Å²) in [5.41, 5.74) is 0.873. The summed E-state index contributed by atoms with van der Waals surface area (Å²) in [5.74, 6) is -2.35. The van der Waals surface area contributed by atoms with Crippen LogP contribution in [-0.2, 0) is 6.18 Å². The van der Waals surface area contributed by atoms with Crippen LogP contribution in [0, 0.1) is 40.7 Å². The van der Waals surface area contributed by atoms with Crippen molar-refractivity contribution in [3.63, 3.8) is 0 Å². The lowest BCUT2D eigenvalue weighted by Crippen LogP contribution is -2.51. The van der Waals surface area contributed by atoms with Crippen LogP contribution in [0.15, 0.2) is 12.1 Å². The minimum Gasteiger partial charge on any atom is -0.463 e. The van der Waals surface area contributed by atoms with Crippen molar-refractivity contribution in [2.24, 2.45) is 10.8 Å². The van der Waals surface area contributed by atoms with Gasteiger partial charge in [-0.1, -0.05) is 13.8 Å². The molecule has 1 aromatic heterocycles. The van der Waals surface area contributed by atoms with Gasteiger partial charge in [-0.2, -0.15) is 28.4 Å². The monoisotopic (exact) mass is 655 g/mol. The van der Waals surface area contributed by atoms with Crippen LogP contribution in [0.4, 0.5) is 33.5 Å².